The van der Waals surface area contributed by atoms with Crippen LogP contribution in [-0.4, -0.2) is 9.97 Å². The van der Waals surface area contributed by atoms with Gasteiger partial charge in [-0.05, 0) is 66.7 Å². The molecule has 0 aliphatic carbocycles. The predicted octanol–water partition coefficient (Wildman–Crippen LogP) is 8.94. The SMILES string of the molecule is c1ccc(-c2c3ccccc3c(-c3ncccn3)c3ccc(-c4cccc5ccccc45)cc23)cc1. The standard InChI is InChI=1S/C34H22N2/c1-2-11-24(12-3-1)32-28-15-6-7-16-29(28)33(34-35-20-9-21-36-34)30-19-18-25(22-31(30)32)27-17-8-13-23-10-4-5-14-26(23)27/h1-22H. The van der Waals surface area contributed by atoms with Crippen LogP contribution in [0.25, 0.3) is 66.0 Å². The van der Waals surface area contributed by atoms with Gasteiger partial charge in [0.25, 0.3) is 0 Å². The number of benzene rings is 6. The van der Waals surface area contributed by atoms with Gasteiger partial charge in [0.15, 0.2) is 5.82 Å². The third-order valence-corrected chi connectivity index (χ3v) is 6.98. The maximum absolute atomic E-state index is 4.66. The molecule has 0 saturated carbocycles. The molecule has 7 aromatic rings. The summed E-state index contributed by atoms with van der Waals surface area (Å²) in [6, 6.07) is 43.1. The van der Waals surface area contributed by atoms with E-state index in [0.29, 0.717) is 0 Å². The van der Waals surface area contributed by atoms with Crippen molar-refractivity contribution < 1.29 is 0 Å². The second kappa shape index (κ2) is 8.44. The highest BCUT2D eigenvalue weighted by Gasteiger charge is 2.18. The molecule has 0 amide bonds. The Labute approximate surface area is 209 Å². The highest BCUT2D eigenvalue weighted by atomic mass is 14.9. The summed E-state index contributed by atoms with van der Waals surface area (Å²) in [5.74, 6) is 0.747. The second-order valence-electron chi connectivity index (χ2n) is 9.02. The van der Waals surface area contributed by atoms with E-state index < -0.39 is 0 Å². The first-order chi connectivity index (χ1) is 17.9. The summed E-state index contributed by atoms with van der Waals surface area (Å²) in [4.78, 5) is 9.32. The summed E-state index contributed by atoms with van der Waals surface area (Å²) in [7, 11) is 0. The quantitative estimate of drug-likeness (QED) is 0.247. The molecule has 2 nitrogen and oxygen atoms in total. The van der Waals surface area contributed by atoms with Gasteiger partial charge in [-0.25, -0.2) is 9.97 Å². The average Bonchev–Trinajstić information content (AvgIpc) is 2.96. The molecule has 0 spiro atoms. The highest BCUT2D eigenvalue weighted by Crippen LogP contribution is 2.44. The van der Waals surface area contributed by atoms with Gasteiger partial charge < -0.3 is 0 Å². The van der Waals surface area contributed by atoms with E-state index in [4.69, 9.17) is 0 Å². The number of aromatic nitrogens is 2. The van der Waals surface area contributed by atoms with Crippen LogP contribution >= 0.6 is 0 Å². The molecule has 0 atom stereocenters. The molecule has 1 heterocycles. The Hall–Kier alpha value is -4.82. The number of fused-ring (bicyclic) bond motifs is 3. The molecule has 0 saturated heterocycles. The highest BCUT2D eigenvalue weighted by molar-refractivity contribution is 6.21. The molecular formula is C34H22N2. The van der Waals surface area contributed by atoms with E-state index in [9.17, 15) is 0 Å². The zero-order valence-electron chi connectivity index (χ0n) is 19.6. The van der Waals surface area contributed by atoms with Crippen LogP contribution < -0.4 is 0 Å². The maximum atomic E-state index is 4.66. The minimum atomic E-state index is 0.747. The van der Waals surface area contributed by atoms with Crippen LogP contribution in [0, 0.1) is 0 Å². The molecule has 168 valence electrons. The van der Waals surface area contributed by atoms with Crippen molar-refractivity contribution in [3.8, 4) is 33.6 Å². The molecule has 1 aromatic heterocycles. The smallest absolute Gasteiger partial charge is 0.160 e. The predicted molar refractivity (Wildman–Crippen MR) is 151 cm³/mol. The van der Waals surface area contributed by atoms with Gasteiger partial charge in [-0.15, -0.1) is 0 Å². The Balaban J connectivity index is 1.64. The summed E-state index contributed by atoms with van der Waals surface area (Å²) >= 11 is 0. The molecule has 2 heteroatoms. The number of rotatable bonds is 3. The largest absolute Gasteiger partial charge is 0.237 e. The lowest BCUT2D eigenvalue weighted by molar-refractivity contribution is 1.18. The van der Waals surface area contributed by atoms with Crippen molar-refractivity contribution in [2.45, 2.75) is 0 Å². The van der Waals surface area contributed by atoms with E-state index in [1.54, 1.807) is 0 Å². The van der Waals surface area contributed by atoms with Crippen molar-refractivity contribution in [2.75, 3.05) is 0 Å². The van der Waals surface area contributed by atoms with Crippen LogP contribution in [0.15, 0.2) is 134 Å². The fraction of sp³-hybridized carbons (Fsp3) is 0. The lowest BCUT2D eigenvalue weighted by atomic mass is 9.86. The van der Waals surface area contributed by atoms with Gasteiger partial charge in [-0.2, -0.15) is 0 Å². The number of hydrogen-bond acceptors (Lipinski definition) is 2. The van der Waals surface area contributed by atoms with Gasteiger partial charge in [-0.1, -0.05) is 109 Å². The van der Waals surface area contributed by atoms with Crippen molar-refractivity contribution in [1.29, 1.82) is 0 Å². The van der Waals surface area contributed by atoms with Crippen molar-refractivity contribution in [3.05, 3.63) is 134 Å². The monoisotopic (exact) mass is 458 g/mol. The number of nitrogens with zero attached hydrogens (tertiary/aromatic N) is 2. The van der Waals surface area contributed by atoms with Crippen molar-refractivity contribution in [2.24, 2.45) is 0 Å². The summed E-state index contributed by atoms with van der Waals surface area (Å²) in [6.07, 6.45) is 3.64. The van der Waals surface area contributed by atoms with Crippen LogP contribution in [0.2, 0.25) is 0 Å². The molecule has 0 aliphatic heterocycles. The Bertz CT molecular complexity index is 1870. The first-order valence-electron chi connectivity index (χ1n) is 12.2. The van der Waals surface area contributed by atoms with E-state index in [2.05, 4.69) is 125 Å². The lowest BCUT2D eigenvalue weighted by Gasteiger charge is -2.18. The minimum Gasteiger partial charge on any atom is -0.237 e. The van der Waals surface area contributed by atoms with Crippen molar-refractivity contribution in [1.82, 2.24) is 9.97 Å². The molecule has 0 aliphatic rings. The van der Waals surface area contributed by atoms with Crippen molar-refractivity contribution >= 4 is 32.3 Å². The first kappa shape index (κ1) is 20.5. The molecule has 0 fully saturated rings. The normalized spacial score (nSPS) is 11.3. The molecule has 0 N–H and O–H groups in total. The van der Waals surface area contributed by atoms with Crippen LogP contribution in [-0.2, 0) is 0 Å². The fourth-order valence-electron chi connectivity index (χ4n) is 5.41. The molecule has 0 radical (unpaired) electrons. The molecule has 6 aromatic carbocycles. The average molecular weight is 459 g/mol. The van der Waals surface area contributed by atoms with E-state index in [1.165, 1.54) is 43.8 Å². The van der Waals surface area contributed by atoms with Gasteiger partial charge in [0.2, 0.25) is 0 Å². The Morgan fingerprint density at radius 1 is 0.389 bits per heavy atom. The molecule has 7 rings (SSSR count). The van der Waals surface area contributed by atoms with Crippen LogP contribution in [0.4, 0.5) is 0 Å². The summed E-state index contributed by atoms with van der Waals surface area (Å²) < 4.78 is 0. The molecular weight excluding hydrogens is 436 g/mol. The second-order valence-corrected chi connectivity index (χ2v) is 9.02. The molecule has 0 bridgehead atoms. The summed E-state index contributed by atoms with van der Waals surface area (Å²) in [5, 5.41) is 7.22. The molecule has 0 unspecified atom stereocenters. The first-order valence-corrected chi connectivity index (χ1v) is 12.2. The van der Waals surface area contributed by atoms with Gasteiger partial charge in [0.1, 0.15) is 0 Å². The van der Waals surface area contributed by atoms with Crippen LogP contribution in [0.3, 0.4) is 0 Å². The third kappa shape index (κ3) is 3.27. The Morgan fingerprint density at radius 2 is 1.03 bits per heavy atom. The van der Waals surface area contributed by atoms with Gasteiger partial charge in [0, 0.05) is 18.0 Å². The Morgan fingerprint density at radius 3 is 1.83 bits per heavy atom. The maximum Gasteiger partial charge on any atom is 0.160 e. The van der Waals surface area contributed by atoms with E-state index >= 15 is 0 Å². The van der Waals surface area contributed by atoms with Gasteiger partial charge >= 0.3 is 0 Å². The van der Waals surface area contributed by atoms with Crippen LogP contribution in [0.1, 0.15) is 0 Å². The van der Waals surface area contributed by atoms with E-state index in [1.807, 2.05) is 18.5 Å². The van der Waals surface area contributed by atoms with E-state index in [-0.39, 0.29) is 0 Å². The Kier molecular flexibility index (Phi) is 4.82. The fourth-order valence-corrected chi connectivity index (χ4v) is 5.41. The lowest BCUT2D eigenvalue weighted by Crippen LogP contribution is -1.94. The third-order valence-electron chi connectivity index (χ3n) is 6.98. The zero-order valence-corrected chi connectivity index (χ0v) is 19.6. The van der Waals surface area contributed by atoms with Gasteiger partial charge in [-0.3, -0.25) is 0 Å². The minimum absolute atomic E-state index is 0.747. The zero-order chi connectivity index (χ0) is 23.9. The summed E-state index contributed by atoms with van der Waals surface area (Å²) in [6.45, 7) is 0. The van der Waals surface area contributed by atoms with Gasteiger partial charge in [0.05, 0.1) is 0 Å². The molecule has 36 heavy (non-hydrogen) atoms. The number of hydrogen-bond donors (Lipinski definition) is 0. The van der Waals surface area contributed by atoms with Crippen molar-refractivity contribution in [3.63, 3.8) is 0 Å². The summed E-state index contributed by atoms with van der Waals surface area (Å²) in [5.41, 5.74) is 5.95. The van der Waals surface area contributed by atoms with E-state index in [0.717, 1.165) is 22.2 Å². The topological polar surface area (TPSA) is 25.8 Å². The van der Waals surface area contributed by atoms with Crippen LogP contribution in [0.5, 0.6) is 0 Å².